The molecule has 1 heterocycles. The van der Waals surface area contributed by atoms with Gasteiger partial charge in [-0.2, -0.15) is 5.26 Å². The van der Waals surface area contributed by atoms with Crippen LogP contribution in [-0.4, -0.2) is 42.5 Å². The number of nitrogens with two attached hydrogens (primary N) is 1. The first-order valence-corrected chi connectivity index (χ1v) is 11.2. The van der Waals surface area contributed by atoms with Crippen LogP contribution in [0.4, 0.5) is 10.2 Å². The lowest BCUT2D eigenvalue weighted by molar-refractivity contribution is -0.120. The van der Waals surface area contributed by atoms with E-state index in [4.69, 9.17) is 5.73 Å². The molecule has 0 aliphatic rings. The van der Waals surface area contributed by atoms with Gasteiger partial charge in [-0.1, -0.05) is 30.3 Å². The van der Waals surface area contributed by atoms with E-state index in [1.165, 1.54) is 12.1 Å². The second-order valence-electron chi connectivity index (χ2n) is 7.94. The zero-order chi connectivity index (χ0) is 25.2. The summed E-state index contributed by atoms with van der Waals surface area (Å²) in [6, 6.07) is 18.5. The normalized spacial score (nSPS) is 11.3. The number of amides is 2. The van der Waals surface area contributed by atoms with Crippen molar-refractivity contribution in [3.05, 3.63) is 83.2 Å². The Hall–Kier alpha value is -4.29. The molecule has 1 atom stereocenters. The van der Waals surface area contributed by atoms with Gasteiger partial charge in [-0.05, 0) is 49.2 Å². The maximum absolute atomic E-state index is 13.5. The quantitative estimate of drug-likeness (QED) is 0.357. The number of aromatic nitrogens is 1. The number of benzene rings is 2. The molecule has 8 nitrogen and oxygen atoms in total. The Bertz CT molecular complexity index is 1240. The van der Waals surface area contributed by atoms with Crippen molar-refractivity contribution in [3.63, 3.8) is 0 Å². The largest absolute Gasteiger partial charge is 0.369 e. The molecule has 0 saturated carbocycles. The minimum atomic E-state index is -0.375. The third kappa shape index (κ3) is 7.09. The van der Waals surface area contributed by atoms with E-state index in [-0.39, 0.29) is 36.8 Å². The lowest BCUT2D eigenvalue weighted by atomic mass is 10.0. The smallest absolute Gasteiger partial charge is 0.255 e. The number of pyridine rings is 1. The van der Waals surface area contributed by atoms with Gasteiger partial charge in [0.1, 0.15) is 11.6 Å². The molecule has 35 heavy (non-hydrogen) atoms. The Morgan fingerprint density at radius 3 is 2.69 bits per heavy atom. The van der Waals surface area contributed by atoms with Gasteiger partial charge in [0, 0.05) is 24.7 Å². The lowest BCUT2D eigenvalue weighted by Crippen LogP contribution is -2.44. The third-order valence-electron chi connectivity index (χ3n) is 5.22. The molecule has 2 amide bonds. The summed E-state index contributed by atoms with van der Waals surface area (Å²) >= 11 is 0. The number of anilines is 1. The first-order valence-electron chi connectivity index (χ1n) is 11.2. The molecule has 0 spiro atoms. The first kappa shape index (κ1) is 25.3. The highest BCUT2D eigenvalue weighted by Crippen LogP contribution is 2.25. The van der Waals surface area contributed by atoms with E-state index in [0.29, 0.717) is 41.2 Å². The van der Waals surface area contributed by atoms with Gasteiger partial charge in [0.05, 0.1) is 29.4 Å². The van der Waals surface area contributed by atoms with Gasteiger partial charge in [-0.15, -0.1) is 0 Å². The molecule has 3 aromatic rings. The molecule has 9 heteroatoms. The maximum Gasteiger partial charge on any atom is 0.255 e. The summed E-state index contributed by atoms with van der Waals surface area (Å²) in [5.74, 6) is -0.664. The fourth-order valence-corrected chi connectivity index (χ4v) is 3.47. The number of nitriles is 1. The standard InChI is InChI=1S/C26H27FN6O2/c1-17(32-24(34)15-29)16-31-26(35)22-9-10-23(21-8-3-2-6-19(21)14-28)33-25(22)30-12-11-18-5-4-7-20(27)13-18/h2-10,13,17H,11-12,15-16,29H2,1H3,(H,30,33)(H,31,35)(H,32,34)/t17-/m1/s1. The van der Waals surface area contributed by atoms with E-state index in [1.807, 2.05) is 12.1 Å². The second-order valence-corrected chi connectivity index (χ2v) is 7.94. The Balaban J connectivity index is 1.82. The minimum absolute atomic E-state index is 0.132. The molecule has 1 aromatic heterocycles. The number of nitrogens with zero attached hydrogens (tertiary/aromatic N) is 2. The number of hydrogen-bond donors (Lipinski definition) is 4. The van der Waals surface area contributed by atoms with E-state index in [2.05, 4.69) is 27.0 Å². The van der Waals surface area contributed by atoms with Crippen LogP contribution in [0, 0.1) is 17.1 Å². The maximum atomic E-state index is 13.5. The average molecular weight is 475 g/mol. The minimum Gasteiger partial charge on any atom is -0.369 e. The molecule has 3 rings (SSSR count). The molecular formula is C26H27FN6O2. The van der Waals surface area contributed by atoms with Crippen molar-refractivity contribution in [2.75, 3.05) is 25.0 Å². The van der Waals surface area contributed by atoms with Crippen LogP contribution in [0.2, 0.25) is 0 Å². The molecule has 5 N–H and O–H groups in total. The number of nitrogens with one attached hydrogen (secondary N) is 3. The highest BCUT2D eigenvalue weighted by molar-refractivity contribution is 5.99. The van der Waals surface area contributed by atoms with Gasteiger partial charge >= 0.3 is 0 Å². The number of halogens is 1. The van der Waals surface area contributed by atoms with E-state index in [0.717, 1.165) is 5.56 Å². The molecule has 0 aliphatic heterocycles. The topological polar surface area (TPSA) is 133 Å². The van der Waals surface area contributed by atoms with Gasteiger partial charge in [-0.3, -0.25) is 9.59 Å². The van der Waals surface area contributed by atoms with Gasteiger partial charge < -0.3 is 21.7 Å². The molecule has 180 valence electrons. The van der Waals surface area contributed by atoms with Crippen LogP contribution < -0.4 is 21.7 Å². The van der Waals surface area contributed by atoms with Crippen LogP contribution in [-0.2, 0) is 11.2 Å². The SMILES string of the molecule is C[C@H](CNC(=O)c1ccc(-c2ccccc2C#N)nc1NCCc1cccc(F)c1)NC(=O)CN. The number of hydrogen-bond acceptors (Lipinski definition) is 6. The summed E-state index contributed by atoms with van der Waals surface area (Å²) in [5, 5.41) is 18.1. The van der Waals surface area contributed by atoms with E-state index in [1.54, 1.807) is 43.3 Å². The number of carbonyl (C=O) groups is 2. The van der Waals surface area contributed by atoms with Crippen molar-refractivity contribution >= 4 is 17.6 Å². The zero-order valence-corrected chi connectivity index (χ0v) is 19.3. The molecule has 2 aromatic carbocycles. The van der Waals surface area contributed by atoms with Crippen molar-refractivity contribution in [1.82, 2.24) is 15.6 Å². The van der Waals surface area contributed by atoms with Crippen LogP contribution in [0.5, 0.6) is 0 Å². The summed E-state index contributed by atoms with van der Waals surface area (Å²) < 4.78 is 13.5. The second kappa shape index (κ2) is 12.3. The molecule has 0 fully saturated rings. The summed E-state index contributed by atoms with van der Waals surface area (Å²) in [4.78, 5) is 29.0. The highest BCUT2D eigenvalue weighted by Gasteiger charge is 2.17. The van der Waals surface area contributed by atoms with Crippen LogP contribution in [0.1, 0.15) is 28.4 Å². The van der Waals surface area contributed by atoms with Crippen LogP contribution >= 0.6 is 0 Å². The Morgan fingerprint density at radius 2 is 1.94 bits per heavy atom. The summed E-state index contributed by atoms with van der Waals surface area (Å²) in [5.41, 5.74) is 8.07. The first-order chi connectivity index (χ1) is 16.9. The molecule has 0 aliphatic carbocycles. The Labute approximate surface area is 203 Å². The lowest BCUT2D eigenvalue weighted by Gasteiger charge is -2.16. The van der Waals surface area contributed by atoms with Gasteiger partial charge in [0.15, 0.2) is 0 Å². The van der Waals surface area contributed by atoms with Crippen molar-refractivity contribution < 1.29 is 14.0 Å². The van der Waals surface area contributed by atoms with Crippen LogP contribution in [0.3, 0.4) is 0 Å². The average Bonchev–Trinajstić information content (AvgIpc) is 2.87. The van der Waals surface area contributed by atoms with Crippen molar-refractivity contribution in [2.45, 2.75) is 19.4 Å². The monoisotopic (exact) mass is 474 g/mol. The number of rotatable bonds is 10. The van der Waals surface area contributed by atoms with Gasteiger partial charge in [0.25, 0.3) is 5.91 Å². The molecule has 0 saturated heterocycles. The van der Waals surface area contributed by atoms with E-state index in [9.17, 15) is 19.2 Å². The Morgan fingerprint density at radius 1 is 1.14 bits per heavy atom. The van der Waals surface area contributed by atoms with Crippen molar-refractivity contribution in [2.24, 2.45) is 5.73 Å². The third-order valence-corrected chi connectivity index (χ3v) is 5.22. The van der Waals surface area contributed by atoms with E-state index < -0.39 is 0 Å². The summed E-state index contributed by atoms with van der Waals surface area (Å²) in [6.45, 7) is 2.23. The molecular weight excluding hydrogens is 447 g/mol. The molecule has 0 radical (unpaired) electrons. The van der Waals surface area contributed by atoms with E-state index >= 15 is 0 Å². The van der Waals surface area contributed by atoms with Gasteiger partial charge in [-0.25, -0.2) is 9.37 Å². The number of carbonyl (C=O) groups excluding carboxylic acids is 2. The fourth-order valence-electron chi connectivity index (χ4n) is 3.47. The summed E-state index contributed by atoms with van der Waals surface area (Å²) in [7, 11) is 0. The highest BCUT2D eigenvalue weighted by atomic mass is 19.1. The van der Waals surface area contributed by atoms with Gasteiger partial charge in [0.2, 0.25) is 5.91 Å². The fraction of sp³-hybridized carbons (Fsp3) is 0.231. The molecule has 0 bridgehead atoms. The van der Waals surface area contributed by atoms with Crippen molar-refractivity contribution in [3.8, 4) is 17.3 Å². The predicted octanol–water partition coefficient (Wildman–Crippen LogP) is 2.61. The zero-order valence-electron chi connectivity index (χ0n) is 19.3. The van der Waals surface area contributed by atoms with Crippen LogP contribution in [0.15, 0.2) is 60.7 Å². The molecule has 0 unspecified atom stereocenters. The van der Waals surface area contributed by atoms with Crippen molar-refractivity contribution in [1.29, 1.82) is 5.26 Å². The Kier molecular flexibility index (Phi) is 8.87. The summed E-state index contributed by atoms with van der Waals surface area (Å²) in [6.07, 6.45) is 0.516. The van der Waals surface area contributed by atoms with Crippen LogP contribution in [0.25, 0.3) is 11.3 Å². The predicted molar refractivity (Wildman–Crippen MR) is 132 cm³/mol.